The van der Waals surface area contributed by atoms with E-state index in [4.69, 9.17) is 0 Å². The molecule has 0 aliphatic heterocycles. The summed E-state index contributed by atoms with van der Waals surface area (Å²) in [6.45, 7) is 1.99. The lowest BCUT2D eigenvalue weighted by Gasteiger charge is -2.06. The minimum atomic E-state index is -0.433. The molecular formula is C22H16BrFN4O. The molecule has 0 unspecified atom stereocenters. The molecule has 29 heavy (non-hydrogen) atoms. The fraction of sp³-hybridized carbons (Fsp3) is 0.0455. The molecule has 0 aliphatic rings. The van der Waals surface area contributed by atoms with Crippen molar-refractivity contribution in [2.45, 2.75) is 6.92 Å². The van der Waals surface area contributed by atoms with Gasteiger partial charge in [-0.15, -0.1) is 5.10 Å². The Kier molecular flexibility index (Phi) is 5.22. The first kappa shape index (κ1) is 19.0. The van der Waals surface area contributed by atoms with Gasteiger partial charge in [0, 0.05) is 15.7 Å². The highest BCUT2D eigenvalue weighted by Crippen LogP contribution is 2.23. The Morgan fingerprint density at radius 1 is 1.03 bits per heavy atom. The molecule has 1 N–H and O–H groups in total. The van der Waals surface area contributed by atoms with Crippen molar-refractivity contribution in [3.05, 3.63) is 94.5 Å². The first-order valence-corrected chi connectivity index (χ1v) is 9.66. The summed E-state index contributed by atoms with van der Waals surface area (Å²) in [5.74, 6) is -0.267. The van der Waals surface area contributed by atoms with Gasteiger partial charge in [0.25, 0.3) is 5.91 Å². The van der Waals surface area contributed by atoms with Gasteiger partial charge in [-0.05, 0) is 49.4 Å². The summed E-state index contributed by atoms with van der Waals surface area (Å²) < 4.78 is 15.8. The molecule has 0 fully saturated rings. The van der Waals surface area contributed by atoms with Crippen molar-refractivity contribution in [2.75, 3.05) is 5.32 Å². The lowest BCUT2D eigenvalue weighted by Crippen LogP contribution is -2.14. The number of anilines is 1. The van der Waals surface area contributed by atoms with Crippen LogP contribution >= 0.6 is 15.9 Å². The van der Waals surface area contributed by atoms with Crippen LogP contribution < -0.4 is 5.32 Å². The minimum absolute atomic E-state index is 0.0184. The highest BCUT2D eigenvalue weighted by atomic mass is 79.9. The van der Waals surface area contributed by atoms with Gasteiger partial charge >= 0.3 is 0 Å². The van der Waals surface area contributed by atoms with Crippen molar-refractivity contribution in [1.29, 1.82) is 0 Å². The van der Waals surface area contributed by atoms with Gasteiger partial charge in [-0.2, -0.15) is 0 Å². The zero-order valence-electron chi connectivity index (χ0n) is 15.4. The van der Waals surface area contributed by atoms with E-state index >= 15 is 0 Å². The minimum Gasteiger partial charge on any atom is -0.319 e. The summed E-state index contributed by atoms with van der Waals surface area (Å²) >= 11 is 3.38. The molecule has 0 spiro atoms. The maximum atomic E-state index is 13.4. The van der Waals surface area contributed by atoms with Crippen molar-refractivity contribution in [1.82, 2.24) is 14.8 Å². The van der Waals surface area contributed by atoms with E-state index in [0.29, 0.717) is 17.2 Å². The Labute approximate surface area is 175 Å². The van der Waals surface area contributed by atoms with E-state index in [1.54, 1.807) is 28.9 Å². The molecule has 0 aliphatic carbocycles. The second-order valence-corrected chi connectivity index (χ2v) is 7.39. The molecule has 4 rings (SSSR count). The van der Waals surface area contributed by atoms with E-state index in [1.165, 1.54) is 12.1 Å². The van der Waals surface area contributed by atoms with Crippen LogP contribution in [0.3, 0.4) is 0 Å². The van der Waals surface area contributed by atoms with Gasteiger partial charge in [-0.1, -0.05) is 51.8 Å². The average Bonchev–Trinajstić information content (AvgIpc) is 3.15. The van der Waals surface area contributed by atoms with Crippen LogP contribution in [0, 0.1) is 12.7 Å². The second kappa shape index (κ2) is 7.97. The van der Waals surface area contributed by atoms with Gasteiger partial charge in [-0.25, -0.2) is 14.1 Å². The Morgan fingerprint density at radius 3 is 2.45 bits per heavy atom. The van der Waals surface area contributed by atoms with Crippen molar-refractivity contribution < 1.29 is 9.18 Å². The molecule has 3 aromatic carbocycles. The van der Waals surface area contributed by atoms with Crippen molar-refractivity contribution in [2.24, 2.45) is 0 Å². The molecule has 1 amide bonds. The molecule has 0 atom stereocenters. The number of hydrogen-bond donors (Lipinski definition) is 1. The molecule has 0 bridgehead atoms. The molecular weight excluding hydrogens is 435 g/mol. The Morgan fingerprint density at radius 2 is 1.76 bits per heavy atom. The molecule has 0 radical (unpaired) electrons. The Balaban J connectivity index is 1.75. The quantitative estimate of drug-likeness (QED) is 0.452. The summed E-state index contributed by atoms with van der Waals surface area (Å²) in [6.07, 6.45) is 0. The van der Waals surface area contributed by atoms with Crippen LogP contribution in [0.2, 0.25) is 0 Å². The standard InChI is InChI=1S/C22H16BrFN4O/c1-14-5-7-15(8-6-14)21-26-20(22(29)25-18-4-2-3-16(23)13-18)27-28(21)19-11-9-17(24)10-12-19/h2-13H,1H3,(H,25,29). The van der Waals surface area contributed by atoms with Crippen LogP contribution in [0.15, 0.2) is 77.3 Å². The number of benzene rings is 3. The van der Waals surface area contributed by atoms with E-state index in [1.807, 2.05) is 43.3 Å². The van der Waals surface area contributed by atoms with Gasteiger partial charge in [0.15, 0.2) is 5.82 Å². The molecule has 1 aromatic heterocycles. The van der Waals surface area contributed by atoms with E-state index in [2.05, 4.69) is 31.3 Å². The first-order valence-electron chi connectivity index (χ1n) is 8.86. The highest BCUT2D eigenvalue weighted by molar-refractivity contribution is 9.10. The lowest BCUT2D eigenvalue weighted by atomic mass is 10.1. The molecule has 0 saturated heterocycles. The normalized spacial score (nSPS) is 10.7. The fourth-order valence-corrected chi connectivity index (χ4v) is 3.21. The Bertz CT molecular complexity index is 1110. The number of aromatic nitrogens is 3. The van der Waals surface area contributed by atoms with Gasteiger partial charge in [0.2, 0.25) is 5.82 Å². The third kappa shape index (κ3) is 4.25. The third-order valence-corrected chi connectivity index (χ3v) is 4.77. The predicted molar refractivity (Wildman–Crippen MR) is 114 cm³/mol. The molecule has 144 valence electrons. The number of carbonyl (C=O) groups is 1. The van der Waals surface area contributed by atoms with Gasteiger partial charge in [0.1, 0.15) is 5.82 Å². The predicted octanol–water partition coefficient (Wildman–Crippen LogP) is 5.40. The molecule has 5 nitrogen and oxygen atoms in total. The maximum absolute atomic E-state index is 13.4. The number of carbonyl (C=O) groups excluding carboxylic acids is 1. The molecule has 1 heterocycles. The number of nitrogens with zero attached hydrogens (tertiary/aromatic N) is 3. The average molecular weight is 451 g/mol. The lowest BCUT2D eigenvalue weighted by molar-refractivity contribution is 0.101. The van der Waals surface area contributed by atoms with Gasteiger partial charge in [-0.3, -0.25) is 4.79 Å². The number of aryl methyl sites for hydroxylation is 1. The zero-order chi connectivity index (χ0) is 20.4. The smallest absolute Gasteiger partial charge is 0.295 e. The van der Waals surface area contributed by atoms with Crippen molar-refractivity contribution >= 4 is 27.5 Å². The summed E-state index contributed by atoms with van der Waals surface area (Å²) in [5.41, 5.74) is 3.14. The summed E-state index contributed by atoms with van der Waals surface area (Å²) in [6, 6.07) is 20.9. The monoisotopic (exact) mass is 450 g/mol. The summed E-state index contributed by atoms with van der Waals surface area (Å²) in [7, 11) is 0. The number of nitrogens with one attached hydrogen (secondary N) is 1. The van der Waals surface area contributed by atoms with E-state index in [9.17, 15) is 9.18 Å². The first-order chi connectivity index (χ1) is 14.0. The van der Waals surface area contributed by atoms with Crippen LogP contribution in [0.5, 0.6) is 0 Å². The fourth-order valence-electron chi connectivity index (χ4n) is 2.81. The van der Waals surface area contributed by atoms with Crippen LogP contribution in [0.4, 0.5) is 10.1 Å². The third-order valence-electron chi connectivity index (χ3n) is 4.27. The summed E-state index contributed by atoms with van der Waals surface area (Å²) in [5, 5.41) is 7.18. The topological polar surface area (TPSA) is 59.8 Å². The van der Waals surface area contributed by atoms with E-state index in [-0.39, 0.29) is 11.6 Å². The van der Waals surface area contributed by atoms with Crippen molar-refractivity contribution in [3.8, 4) is 17.1 Å². The highest BCUT2D eigenvalue weighted by Gasteiger charge is 2.19. The molecule has 7 heteroatoms. The Hall–Kier alpha value is -3.32. The van der Waals surface area contributed by atoms with E-state index < -0.39 is 5.91 Å². The maximum Gasteiger partial charge on any atom is 0.295 e. The van der Waals surface area contributed by atoms with Crippen LogP contribution in [0.25, 0.3) is 17.1 Å². The number of hydrogen-bond acceptors (Lipinski definition) is 3. The molecule has 0 saturated carbocycles. The number of halogens is 2. The largest absolute Gasteiger partial charge is 0.319 e. The van der Waals surface area contributed by atoms with Gasteiger partial charge < -0.3 is 5.32 Å². The van der Waals surface area contributed by atoms with Crippen molar-refractivity contribution in [3.63, 3.8) is 0 Å². The summed E-state index contributed by atoms with van der Waals surface area (Å²) in [4.78, 5) is 17.2. The van der Waals surface area contributed by atoms with Crippen LogP contribution in [-0.2, 0) is 0 Å². The van der Waals surface area contributed by atoms with E-state index in [0.717, 1.165) is 15.6 Å². The SMILES string of the molecule is Cc1ccc(-c2nc(C(=O)Nc3cccc(Br)c3)nn2-c2ccc(F)cc2)cc1. The number of amides is 1. The zero-order valence-corrected chi connectivity index (χ0v) is 17.0. The van der Waals surface area contributed by atoms with Gasteiger partial charge in [0.05, 0.1) is 5.69 Å². The van der Waals surface area contributed by atoms with Crippen LogP contribution in [-0.4, -0.2) is 20.7 Å². The van der Waals surface area contributed by atoms with Crippen LogP contribution in [0.1, 0.15) is 16.2 Å². The number of rotatable bonds is 4. The molecule has 4 aromatic rings. The second-order valence-electron chi connectivity index (χ2n) is 6.48.